The molecule has 1 saturated heterocycles. The number of piperazine rings is 1. The van der Waals surface area contributed by atoms with Crippen molar-refractivity contribution in [3.05, 3.63) is 88.2 Å². The van der Waals surface area contributed by atoms with Gasteiger partial charge in [0.2, 0.25) is 0 Å². The first-order valence-corrected chi connectivity index (χ1v) is 17.3. The summed E-state index contributed by atoms with van der Waals surface area (Å²) in [6, 6.07) is 18.3. The lowest BCUT2D eigenvalue weighted by Crippen LogP contribution is -2.46. The third-order valence-corrected chi connectivity index (χ3v) is 9.46. The zero-order valence-electron chi connectivity index (χ0n) is 25.6. The van der Waals surface area contributed by atoms with Crippen molar-refractivity contribution in [3.8, 4) is 11.5 Å². The molecule has 2 aliphatic rings. The van der Waals surface area contributed by atoms with Crippen molar-refractivity contribution >= 4 is 62.3 Å². The molecule has 3 aromatic carbocycles. The predicted molar refractivity (Wildman–Crippen MR) is 189 cm³/mol. The molecule has 0 radical (unpaired) electrons. The van der Waals surface area contributed by atoms with Gasteiger partial charge in [0.15, 0.2) is 11.5 Å². The molecule has 4 heterocycles. The van der Waals surface area contributed by atoms with Crippen LogP contribution in [0.5, 0.6) is 11.5 Å². The summed E-state index contributed by atoms with van der Waals surface area (Å²) in [6.45, 7) is 6.77. The number of nitrogens with zero attached hydrogens (tertiary/aromatic N) is 2. The van der Waals surface area contributed by atoms with Gasteiger partial charge in [0.25, 0.3) is 0 Å². The molecule has 238 valence electrons. The molecule has 0 spiro atoms. The molecule has 9 heteroatoms. The number of unbranched alkanes of at least 4 members (excludes halogenated alkanes) is 2. The largest absolute Gasteiger partial charge is 0.486 e. The Morgan fingerprint density at radius 2 is 1.24 bits per heavy atom. The van der Waals surface area contributed by atoms with Crippen LogP contribution in [-0.2, 0) is 12.8 Å². The maximum Gasteiger partial charge on any atom is 0.163 e. The topological polar surface area (TPSA) is 56.5 Å². The van der Waals surface area contributed by atoms with Crippen LogP contribution in [0.3, 0.4) is 0 Å². The van der Waals surface area contributed by atoms with Crippen molar-refractivity contribution < 1.29 is 9.47 Å². The minimum atomic E-state index is 0.635. The van der Waals surface area contributed by atoms with Gasteiger partial charge < -0.3 is 24.3 Å². The Bertz CT molecular complexity index is 1690. The highest BCUT2D eigenvalue weighted by Crippen LogP contribution is 2.34. The SMILES string of the molecule is ClCCCCc1c[nH]c2ccc(Cl)cc12.Clc1ccc2[nH]cc(CCCCN3CCN(c4ccc5c(c4)OCCO5)CC3)c2c1. The van der Waals surface area contributed by atoms with Crippen molar-refractivity contribution in [2.75, 3.05) is 56.7 Å². The van der Waals surface area contributed by atoms with Gasteiger partial charge in [-0.2, -0.15) is 0 Å². The number of ether oxygens (including phenoxy) is 2. The van der Waals surface area contributed by atoms with E-state index < -0.39 is 0 Å². The number of halogens is 3. The number of benzene rings is 3. The summed E-state index contributed by atoms with van der Waals surface area (Å²) >= 11 is 17.8. The summed E-state index contributed by atoms with van der Waals surface area (Å²) in [5.41, 5.74) is 6.26. The summed E-state index contributed by atoms with van der Waals surface area (Å²) in [5.74, 6) is 2.48. The fourth-order valence-corrected chi connectivity index (χ4v) is 6.77. The zero-order valence-corrected chi connectivity index (χ0v) is 27.9. The van der Waals surface area contributed by atoms with Crippen LogP contribution in [0.15, 0.2) is 67.0 Å². The van der Waals surface area contributed by atoms with E-state index in [1.54, 1.807) is 0 Å². The number of rotatable bonds is 10. The molecule has 7 rings (SSSR count). The molecule has 1 fully saturated rings. The number of aromatic amines is 2. The number of alkyl halides is 1. The normalized spacial score (nSPS) is 15.0. The number of hydrogen-bond donors (Lipinski definition) is 2. The minimum absolute atomic E-state index is 0.635. The van der Waals surface area contributed by atoms with Gasteiger partial charge >= 0.3 is 0 Å². The summed E-state index contributed by atoms with van der Waals surface area (Å²) < 4.78 is 11.4. The molecule has 0 amide bonds. The van der Waals surface area contributed by atoms with Crippen molar-refractivity contribution in [1.82, 2.24) is 14.9 Å². The van der Waals surface area contributed by atoms with Gasteiger partial charge in [-0.15, -0.1) is 11.6 Å². The van der Waals surface area contributed by atoms with Crippen molar-refractivity contribution in [2.45, 2.75) is 38.5 Å². The number of aryl methyl sites for hydroxylation is 2. The first kappa shape index (κ1) is 31.9. The van der Waals surface area contributed by atoms with Crippen LogP contribution in [0.2, 0.25) is 10.0 Å². The highest BCUT2D eigenvalue weighted by molar-refractivity contribution is 6.31. The molecule has 2 aliphatic heterocycles. The van der Waals surface area contributed by atoms with E-state index in [4.69, 9.17) is 44.3 Å². The number of aromatic nitrogens is 2. The molecule has 45 heavy (non-hydrogen) atoms. The lowest BCUT2D eigenvalue weighted by Gasteiger charge is -2.36. The molecular weight excluding hydrogens is 627 g/mol. The van der Waals surface area contributed by atoms with E-state index in [1.165, 1.54) is 45.9 Å². The molecule has 0 saturated carbocycles. The summed E-state index contributed by atoms with van der Waals surface area (Å²) in [7, 11) is 0. The minimum Gasteiger partial charge on any atom is -0.486 e. The van der Waals surface area contributed by atoms with Crippen LogP contribution in [0.25, 0.3) is 21.8 Å². The van der Waals surface area contributed by atoms with Gasteiger partial charge in [0.1, 0.15) is 13.2 Å². The molecule has 0 aliphatic carbocycles. The van der Waals surface area contributed by atoms with Gasteiger partial charge in [-0.25, -0.2) is 0 Å². The Morgan fingerprint density at radius 3 is 1.87 bits per heavy atom. The zero-order chi connectivity index (χ0) is 31.0. The van der Waals surface area contributed by atoms with Crippen molar-refractivity contribution in [2.24, 2.45) is 0 Å². The van der Waals surface area contributed by atoms with Crippen LogP contribution in [0, 0.1) is 0 Å². The van der Waals surface area contributed by atoms with Crippen molar-refractivity contribution in [1.29, 1.82) is 0 Å². The molecule has 2 aromatic heterocycles. The number of fused-ring (bicyclic) bond motifs is 3. The quantitative estimate of drug-likeness (QED) is 0.115. The van der Waals surface area contributed by atoms with Gasteiger partial charge in [-0.1, -0.05) is 23.2 Å². The van der Waals surface area contributed by atoms with E-state index in [0.717, 1.165) is 91.3 Å². The van der Waals surface area contributed by atoms with Crippen LogP contribution in [-0.4, -0.2) is 66.7 Å². The Balaban J connectivity index is 0.000000200. The lowest BCUT2D eigenvalue weighted by molar-refractivity contribution is 0.171. The van der Waals surface area contributed by atoms with Crippen LogP contribution >= 0.6 is 34.8 Å². The average Bonchev–Trinajstić information content (AvgIpc) is 3.66. The Kier molecular flexibility index (Phi) is 11.0. The maximum absolute atomic E-state index is 6.16. The fourth-order valence-electron chi connectivity index (χ4n) is 6.23. The summed E-state index contributed by atoms with van der Waals surface area (Å²) in [5, 5.41) is 4.09. The number of nitrogens with one attached hydrogen (secondary N) is 2. The van der Waals surface area contributed by atoms with E-state index in [9.17, 15) is 0 Å². The van der Waals surface area contributed by atoms with E-state index in [2.05, 4.69) is 56.4 Å². The van der Waals surface area contributed by atoms with Crippen LogP contribution < -0.4 is 14.4 Å². The van der Waals surface area contributed by atoms with Crippen molar-refractivity contribution in [3.63, 3.8) is 0 Å². The fraction of sp³-hybridized carbons (Fsp3) is 0.389. The molecule has 0 atom stereocenters. The second kappa shape index (κ2) is 15.5. The average molecular weight is 668 g/mol. The van der Waals surface area contributed by atoms with E-state index >= 15 is 0 Å². The van der Waals surface area contributed by atoms with Crippen LogP contribution in [0.4, 0.5) is 5.69 Å². The Labute approximate surface area is 280 Å². The predicted octanol–water partition coefficient (Wildman–Crippen LogP) is 9.12. The highest BCUT2D eigenvalue weighted by Gasteiger charge is 2.19. The lowest BCUT2D eigenvalue weighted by atomic mass is 10.1. The standard InChI is InChI=1S/C24H28ClN3O2.C12H13Cl2N/c25-19-4-6-22-21(15-19)18(17-26-22)3-1-2-8-27-9-11-28(12-10-27)20-5-7-23-24(16-20)30-14-13-29-23;13-6-2-1-3-9-8-15-12-5-4-10(14)7-11(9)12/h4-7,15-17,26H,1-3,8-14H2;4-5,7-8,15H,1-3,6H2. The second-order valence-electron chi connectivity index (χ2n) is 11.8. The molecule has 0 bridgehead atoms. The number of H-pyrrole nitrogens is 2. The van der Waals surface area contributed by atoms with E-state index in [1.807, 2.05) is 30.3 Å². The first-order valence-electron chi connectivity index (χ1n) is 16.0. The van der Waals surface area contributed by atoms with Gasteiger partial charge in [0.05, 0.1) is 0 Å². The molecule has 5 aromatic rings. The van der Waals surface area contributed by atoms with E-state index in [-0.39, 0.29) is 0 Å². The molecule has 0 unspecified atom stereocenters. The van der Waals surface area contributed by atoms with Gasteiger partial charge in [-0.05, 0) is 105 Å². The third-order valence-electron chi connectivity index (χ3n) is 8.72. The third kappa shape index (κ3) is 8.23. The highest BCUT2D eigenvalue weighted by atomic mass is 35.5. The Morgan fingerprint density at radius 1 is 0.644 bits per heavy atom. The van der Waals surface area contributed by atoms with Gasteiger partial charge in [0, 0.05) is 88.1 Å². The number of anilines is 1. The second-order valence-corrected chi connectivity index (χ2v) is 13.0. The monoisotopic (exact) mass is 666 g/mol. The maximum atomic E-state index is 6.16. The number of hydrogen-bond acceptors (Lipinski definition) is 4. The Hall–Kier alpha value is -3.03. The molecule has 6 nitrogen and oxygen atoms in total. The molecular formula is C36H41Cl3N4O2. The summed E-state index contributed by atoms with van der Waals surface area (Å²) in [6.07, 6.45) is 11.0. The van der Waals surface area contributed by atoms with E-state index in [0.29, 0.717) is 13.2 Å². The van der Waals surface area contributed by atoms with Gasteiger partial charge in [-0.3, -0.25) is 4.90 Å². The summed E-state index contributed by atoms with van der Waals surface area (Å²) in [4.78, 5) is 11.6. The van der Waals surface area contributed by atoms with Crippen LogP contribution in [0.1, 0.15) is 36.8 Å². The molecule has 2 N–H and O–H groups in total. The first-order chi connectivity index (χ1) is 22.1. The smallest absolute Gasteiger partial charge is 0.163 e.